The number of carbonyl (C=O) groups excluding carboxylic acids is 1. The zero-order chi connectivity index (χ0) is 15.1. The molecule has 0 aliphatic carbocycles. The van der Waals surface area contributed by atoms with Crippen molar-refractivity contribution in [2.75, 3.05) is 13.2 Å². The molecule has 0 fully saturated rings. The second kappa shape index (κ2) is 7.65. The molecule has 2 N–H and O–H groups in total. The first-order chi connectivity index (χ1) is 9.43. The number of carboxylic acid groups (broad SMARTS) is 1. The average molecular weight is 279 g/mol. The van der Waals surface area contributed by atoms with Crippen LogP contribution in [0.1, 0.15) is 23.6 Å². The summed E-state index contributed by atoms with van der Waals surface area (Å²) in [5.74, 6) is -1.46. The molecule has 0 heterocycles. The van der Waals surface area contributed by atoms with E-state index in [0.717, 1.165) is 16.7 Å². The predicted octanol–water partition coefficient (Wildman–Crippen LogP) is 1.45. The zero-order valence-corrected chi connectivity index (χ0v) is 12.1. The van der Waals surface area contributed by atoms with Crippen LogP contribution in [-0.2, 0) is 20.7 Å². The van der Waals surface area contributed by atoms with Gasteiger partial charge in [0.05, 0.1) is 0 Å². The van der Waals surface area contributed by atoms with Gasteiger partial charge in [0.2, 0.25) is 5.91 Å². The topological polar surface area (TPSA) is 75.6 Å². The van der Waals surface area contributed by atoms with E-state index in [1.807, 2.05) is 32.0 Å². The van der Waals surface area contributed by atoms with Crippen molar-refractivity contribution >= 4 is 11.9 Å². The predicted molar refractivity (Wildman–Crippen MR) is 75.7 cm³/mol. The SMILES string of the molecule is CCOCC(=O)N[C@@H](Cc1ccc(C)c(C)c1)C(=O)O. The fourth-order valence-electron chi connectivity index (χ4n) is 1.80. The Labute approximate surface area is 118 Å². The van der Waals surface area contributed by atoms with Crippen molar-refractivity contribution in [2.24, 2.45) is 0 Å². The average Bonchev–Trinajstić information content (AvgIpc) is 2.39. The lowest BCUT2D eigenvalue weighted by molar-refractivity contribution is -0.142. The van der Waals surface area contributed by atoms with Crippen LogP contribution in [0.2, 0.25) is 0 Å². The van der Waals surface area contributed by atoms with Crippen LogP contribution in [0.3, 0.4) is 0 Å². The molecule has 0 spiro atoms. The van der Waals surface area contributed by atoms with E-state index >= 15 is 0 Å². The number of benzene rings is 1. The standard InChI is InChI=1S/C15H21NO4/c1-4-20-9-14(17)16-13(15(18)19)8-12-6-5-10(2)11(3)7-12/h5-7,13H,4,8-9H2,1-3H3,(H,16,17)(H,18,19)/t13-/m0/s1. The molecule has 20 heavy (non-hydrogen) atoms. The highest BCUT2D eigenvalue weighted by atomic mass is 16.5. The second-order valence-corrected chi connectivity index (χ2v) is 4.72. The molecule has 0 saturated heterocycles. The fraction of sp³-hybridized carbons (Fsp3) is 0.467. The molecular formula is C15H21NO4. The van der Waals surface area contributed by atoms with E-state index in [0.29, 0.717) is 6.61 Å². The number of nitrogens with one attached hydrogen (secondary N) is 1. The summed E-state index contributed by atoms with van der Waals surface area (Å²) in [7, 11) is 0. The zero-order valence-electron chi connectivity index (χ0n) is 12.1. The van der Waals surface area contributed by atoms with Gasteiger partial charge in [-0.1, -0.05) is 18.2 Å². The van der Waals surface area contributed by atoms with E-state index < -0.39 is 17.9 Å². The molecule has 0 unspecified atom stereocenters. The van der Waals surface area contributed by atoms with E-state index in [9.17, 15) is 14.7 Å². The van der Waals surface area contributed by atoms with Crippen LogP contribution in [0.5, 0.6) is 0 Å². The first kappa shape index (κ1) is 16.2. The molecule has 5 nitrogen and oxygen atoms in total. The maximum absolute atomic E-state index is 11.5. The second-order valence-electron chi connectivity index (χ2n) is 4.72. The van der Waals surface area contributed by atoms with Crippen molar-refractivity contribution in [1.82, 2.24) is 5.32 Å². The summed E-state index contributed by atoms with van der Waals surface area (Å²) in [5, 5.41) is 11.6. The minimum absolute atomic E-state index is 0.118. The molecule has 0 aromatic heterocycles. The maximum Gasteiger partial charge on any atom is 0.326 e. The van der Waals surface area contributed by atoms with Gasteiger partial charge in [-0.3, -0.25) is 4.79 Å². The molecule has 1 amide bonds. The summed E-state index contributed by atoms with van der Waals surface area (Å²) in [5.41, 5.74) is 3.14. The van der Waals surface area contributed by atoms with E-state index in [-0.39, 0.29) is 13.0 Å². The number of carbonyl (C=O) groups is 2. The molecule has 0 saturated carbocycles. The number of carboxylic acids is 1. The third-order valence-corrected chi connectivity index (χ3v) is 3.08. The molecule has 5 heteroatoms. The van der Waals surface area contributed by atoms with Gasteiger partial charge in [0, 0.05) is 13.0 Å². The summed E-state index contributed by atoms with van der Waals surface area (Å²) >= 11 is 0. The Bertz CT molecular complexity index is 485. The van der Waals surface area contributed by atoms with Crippen molar-refractivity contribution < 1.29 is 19.4 Å². The molecule has 0 bridgehead atoms. The molecule has 1 atom stereocenters. The van der Waals surface area contributed by atoms with Gasteiger partial charge in [0.25, 0.3) is 0 Å². The molecule has 0 radical (unpaired) electrons. The number of aryl methyl sites for hydroxylation is 2. The maximum atomic E-state index is 11.5. The Kier molecular flexibility index (Phi) is 6.18. The van der Waals surface area contributed by atoms with Crippen LogP contribution in [0.4, 0.5) is 0 Å². The van der Waals surface area contributed by atoms with Crippen LogP contribution in [0.25, 0.3) is 0 Å². The minimum atomic E-state index is -1.05. The number of hydrogen-bond donors (Lipinski definition) is 2. The first-order valence-corrected chi connectivity index (χ1v) is 6.60. The molecule has 110 valence electrons. The van der Waals surface area contributed by atoms with Crippen LogP contribution in [0.15, 0.2) is 18.2 Å². The quantitative estimate of drug-likeness (QED) is 0.792. The Morgan fingerprint density at radius 2 is 2.00 bits per heavy atom. The Hall–Kier alpha value is -1.88. The van der Waals surface area contributed by atoms with Gasteiger partial charge in [0.1, 0.15) is 12.6 Å². The van der Waals surface area contributed by atoms with Gasteiger partial charge in [-0.25, -0.2) is 4.79 Å². The summed E-state index contributed by atoms with van der Waals surface area (Å²) in [6.07, 6.45) is 0.258. The molecule has 1 rings (SSSR count). The summed E-state index contributed by atoms with van der Waals surface area (Å²) in [6.45, 7) is 6.05. The Morgan fingerprint density at radius 1 is 1.30 bits per heavy atom. The van der Waals surface area contributed by atoms with Gasteiger partial charge < -0.3 is 15.2 Å². The van der Waals surface area contributed by atoms with Crippen LogP contribution < -0.4 is 5.32 Å². The number of rotatable bonds is 7. The molecule has 1 aromatic rings. The van der Waals surface area contributed by atoms with Crippen molar-refractivity contribution in [2.45, 2.75) is 33.2 Å². The number of hydrogen-bond acceptors (Lipinski definition) is 3. The van der Waals surface area contributed by atoms with Crippen molar-refractivity contribution in [1.29, 1.82) is 0 Å². The van der Waals surface area contributed by atoms with Crippen LogP contribution in [-0.4, -0.2) is 36.2 Å². The smallest absolute Gasteiger partial charge is 0.326 e. The number of amides is 1. The van der Waals surface area contributed by atoms with Crippen molar-refractivity contribution in [3.05, 3.63) is 34.9 Å². The van der Waals surface area contributed by atoms with E-state index in [1.54, 1.807) is 6.92 Å². The highest BCUT2D eigenvalue weighted by molar-refractivity contribution is 5.84. The lowest BCUT2D eigenvalue weighted by atomic mass is 10.0. The summed E-state index contributed by atoms with van der Waals surface area (Å²) in [6, 6.07) is 4.84. The summed E-state index contributed by atoms with van der Waals surface area (Å²) in [4.78, 5) is 22.7. The third kappa shape index (κ3) is 5.01. The lowest BCUT2D eigenvalue weighted by Crippen LogP contribution is -2.43. The third-order valence-electron chi connectivity index (χ3n) is 3.08. The summed E-state index contributed by atoms with van der Waals surface area (Å²) < 4.78 is 4.96. The number of aliphatic carboxylic acids is 1. The molecule has 0 aliphatic rings. The monoisotopic (exact) mass is 279 g/mol. The molecule has 1 aromatic carbocycles. The van der Waals surface area contributed by atoms with Crippen LogP contribution in [0, 0.1) is 13.8 Å². The van der Waals surface area contributed by atoms with E-state index in [1.165, 1.54) is 0 Å². The first-order valence-electron chi connectivity index (χ1n) is 6.60. The lowest BCUT2D eigenvalue weighted by Gasteiger charge is -2.15. The molecular weight excluding hydrogens is 258 g/mol. The number of ether oxygens (including phenoxy) is 1. The van der Waals surface area contributed by atoms with Crippen LogP contribution >= 0.6 is 0 Å². The highest BCUT2D eigenvalue weighted by Gasteiger charge is 2.20. The Morgan fingerprint density at radius 3 is 2.55 bits per heavy atom. The normalized spacial score (nSPS) is 11.9. The van der Waals surface area contributed by atoms with Gasteiger partial charge in [-0.2, -0.15) is 0 Å². The van der Waals surface area contributed by atoms with Crippen molar-refractivity contribution in [3.8, 4) is 0 Å². The highest BCUT2D eigenvalue weighted by Crippen LogP contribution is 2.11. The van der Waals surface area contributed by atoms with E-state index in [2.05, 4.69) is 5.32 Å². The van der Waals surface area contributed by atoms with Gasteiger partial charge in [-0.05, 0) is 37.5 Å². The molecule has 0 aliphatic heterocycles. The fourth-order valence-corrected chi connectivity index (χ4v) is 1.80. The van der Waals surface area contributed by atoms with Crippen molar-refractivity contribution in [3.63, 3.8) is 0 Å². The van der Waals surface area contributed by atoms with Gasteiger partial charge in [-0.15, -0.1) is 0 Å². The van der Waals surface area contributed by atoms with Gasteiger partial charge >= 0.3 is 5.97 Å². The van der Waals surface area contributed by atoms with E-state index in [4.69, 9.17) is 4.74 Å². The minimum Gasteiger partial charge on any atom is -0.480 e. The Balaban J connectivity index is 2.69. The van der Waals surface area contributed by atoms with Gasteiger partial charge in [0.15, 0.2) is 0 Å². The largest absolute Gasteiger partial charge is 0.480 e.